The number of carbonyl (C=O) groups excluding carboxylic acids is 1. The Labute approximate surface area is 178 Å². The number of hydrogen-bond acceptors (Lipinski definition) is 7. The number of nitrogens with zero attached hydrogens (tertiary/aromatic N) is 4. The van der Waals surface area contributed by atoms with Crippen molar-refractivity contribution in [2.45, 2.75) is 24.8 Å². The molecule has 1 saturated heterocycles. The number of sulfonamides is 1. The molecule has 1 aromatic carbocycles. The molecule has 1 aliphatic rings. The normalized spacial score (nSPS) is 16.1. The maximum Gasteiger partial charge on any atom is 0.262 e. The first kappa shape index (κ1) is 20.8. The van der Waals surface area contributed by atoms with Gasteiger partial charge in [-0.2, -0.15) is 4.31 Å². The van der Waals surface area contributed by atoms with Gasteiger partial charge in [-0.05, 0) is 38.0 Å². The van der Waals surface area contributed by atoms with Crippen molar-refractivity contribution in [3.05, 3.63) is 30.2 Å². The van der Waals surface area contributed by atoms with Crippen molar-refractivity contribution in [3.63, 3.8) is 0 Å². The molecule has 9 nitrogen and oxygen atoms in total. The molecule has 0 bridgehead atoms. The monoisotopic (exact) mass is 449 g/mol. The highest BCUT2D eigenvalue weighted by molar-refractivity contribution is 7.89. The number of fused-ring (bicyclic) bond motifs is 1. The maximum absolute atomic E-state index is 12.8. The minimum atomic E-state index is -3.65. The van der Waals surface area contributed by atoms with Crippen LogP contribution in [0, 0.1) is 12.8 Å². The Kier molecular flexibility index (Phi) is 5.51. The molecule has 0 aliphatic carbocycles. The van der Waals surface area contributed by atoms with Gasteiger partial charge in [0, 0.05) is 32.3 Å². The summed E-state index contributed by atoms with van der Waals surface area (Å²) in [6, 6.07) is 5.56. The van der Waals surface area contributed by atoms with Crippen LogP contribution in [0.3, 0.4) is 0 Å². The Bertz CT molecular complexity index is 1170. The standard InChI is InChI=1S/C19H23N5O4S2/c1-12-20-17(11-23(12)2)30(26,27)24-8-6-13(7-9-24)18(25)22-19-21-15-5-4-14(28-3)10-16(15)29-19/h4-5,10-11,13H,6-9H2,1-3H3,(H,21,22,25). The molecule has 0 radical (unpaired) electrons. The van der Waals surface area contributed by atoms with Crippen LogP contribution in [0.4, 0.5) is 5.13 Å². The van der Waals surface area contributed by atoms with Gasteiger partial charge in [0.05, 0.1) is 17.3 Å². The number of carbonyl (C=O) groups is 1. The van der Waals surface area contributed by atoms with E-state index in [-0.39, 0.29) is 29.9 Å². The van der Waals surface area contributed by atoms with E-state index < -0.39 is 10.0 Å². The molecule has 0 unspecified atom stereocenters. The topological polar surface area (TPSA) is 106 Å². The summed E-state index contributed by atoms with van der Waals surface area (Å²) in [7, 11) is -0.285. The van der Waals surface area contributed by atoms with Gasteiger partial charge in [0.15, 0.2) is 10.2 Å². The first-order valence-corrected chi connectivity index (χ1v) is 11.8. The summed E-state index contributed by atoms with van der Waals surface area (Å²) in [6.45, 7) is 2.33. The highest BCUT2D eigenvalue weighted by Crippen LogP contribution is 2.30. The van der Waals surface area contributed by atoms with Crippen molar-refractivity contribution in [3.8, 4) is 5.75 Å². The Morgan fingerprint density at radius 2 is 2.00 bits per heavy atom. The predicted octanol–water partition coefficient (Wildman–Crippen LogP) is 2.39. The Balaban J connectivity index is 1.39. The van der Waals surface area contributed by atoms with Gasteiger partial charge in [-0.25, -0.2) is 18.4 Å². The number of nitrogens with one attached hydrogen (secondary N) is 1. The number of piperidine rings is 1. The fourth-order valence-electron chi connectivity index (χ4n) is 3.43. The number of methoxy groups -OCH3 is 1. The molecule has 30 heavy (non-hydrogen) atoms. The Morgan fingerprint density at radius 1 is 1.27 bits per heavy atom. The molecule has 11 heteroatoms. The van der Waals surface area contributed by atoms with Gasteiger partial charge in [-0.1, -0.05) is 11.3 Å². The lowest BCUT2D eigenvalue weighted by Crippen LogP contribution is -2.41. The SMILES string of the molecule is COc1ccc2nc(NC(=O)C3CCN(S(=O)(=O)c4cn(C)c(C)n4)CC3)sc2c1. The zero-order chi connectivity index (χ0) is 21.5. The van der Waals surface area contributed by atoms with Gasteiger partial charge >= 0.3 is 0 Å². The van der Waals surface area contributed by atoms with E-state index in [0.717, 1.165) is 16.0 Å². The highest BCUT2D eigenvalue weighted by Gasteiger charge is 2.33. The summed E-state index contributed by atoms with van der Waals surface area (Å²) < 4.78 is 34.8. The second-order valence-corrected chi connectivity index (χ2v) is 10.2. The largest absolute Gasteiger partial charge is 0.497 e. The molecule has 1 fully saturated rings. The van der Waals surface area contributed by atoms with Crippen LogP contribution in [0.25, 0.3) is 10.2 Å². The quantitative estimate of drug-likeness (QED) is 0.641. The fraction of sp³-hybridized carbons (Fsp3) is 0.421. The third kappa shape index (κ3) is 3.92. The third-order valence-corrected chi connectivity index (χ3v) is 8.05. The lowest BCUT2D eigenvalue weighted by atomic mass is 9.97. The van der Waals surface area contributed by atoms with Crippen LogP contribution in [-0.2, 0) is 21.9 Å². The average molecular weight is 450 g/mol. The summed E-state index contributed by atoms with van der Waals surface area (Å²) >= 11 is 1.38. The molecular formula is C19H23N5O4S2. The first-order chi connectivity index (χ1) is 14.3. The van der Waals surface area contributed by atoms with E-state index >= 15 is 0 Å². The fourth-order valence-corrected chi connectivity index (χ4v) is 5.83. The molecule has 3 heterocycles. The van der Waals surface area contributed by atoms with E-state index in [4.69, 9.17) is 4.74 Å². The van der Waals surface area contributed by atoms with E-state index in [0.29, 0.717) is 23.8 Å². The number of hydrogen-bond donors (Lipinski definition) is 1. The molecule has 0 atom stereocenters. The maximum atomic E-state index is 12.8. The average Bonchev–Trinajstić information content (AvgIpc) is 3.29. The second kappa shape index (κ2) is 7.97. The zero-order valence-electron chi connectivity index (χ0n) is 17.0. The van der Waals surface area contributed by atoms with Crippen molar-refractivity contribution in [2.75, 3.05) is 25.5 Å². The van der Waals surface area contributed by atoms with Crippen molar-refractivity contribution in [1.82, 2.24) is 18.8 Å². The number of anilines is 1. The van der Waals surface area contributed by atoms with Crippen LogP contribution in [0.5, 0.6) is 5.75 Å². The van der Waals surface area contributed by atoms with Crippen LogP contribution < -0.4 is 10.1 Å². The number of aryl methyl sites for hydroxylation is 2. The summed E-state index contributed by atoms with van der Waals surface area (Å²) in [5, 5.41) is 3.46. The molecule has 2 aromatic heterocycles. The van der Waals surface area contributed by atoms with Gasteiger partial charge < -0.3 is 14.6 Å². The van der Waals surface area contributed by atoms with Crippen LogP contribution in [0.2, 0.25) is 0 Å². The summed E-state index contributed by atoms with van der Waals surface area (Å²) in [5.41, 5.74) is 0.794. The molecule has 0 saturated carbocycles. The molecule has 1 N–H and O–H groups in total. The molecule has 1 amide bonds. The van der Waals surface area contributed by atoms with Gasteiger partial charge in [0.2, 0.25) is 5.91 Å². The minimum Gasteiger partial charge on any atom is -0.497 e. The zero-order valence-corrected chi connectivity index (χ0v) is 18.6. The third-order valence-electron chi connectivity index (χ3n) is 5.34. The lowest BCUT2D eigenvalue weighted by Gasteiger charge is -2.29. The number of benzene rings is 1. The minimum absolute atomic E-state index is 0.0512. The van der Waals surface area contributed by atoms with Gasteiger partial charge in [-0.3, -0.25) is 4.79 Å². The Morgan fingerprint density at radius 3 is 2.63 bits per heavy atom. The van der Waals surface area contributed by atoms with E-state index in [1.165, 1.54) is 21.8 Å². The molecule has 1 aliphatic heterocycles. The van der Waals surface area contributed by atoms with Crippen molar-refractivity contribution in [1.29, 1.82) is 0 Å². The highest BCUT2D eigenvalue weighted by atomic mass is 32.2. The summed E-state index contributed by atoms with van der Waals surface area (Å²) in [4.78, 5) is 21.3. The first-order valence-electron chi connectivity index (χ1n) is 9.53. The Hall–Kier alpha value is -2.50. The van der Waals surface area contributed by atoms with Crippen LogP contribution in [0.1, 0.15) is 18.7 Å². The lowest BCUT2D eigenvalue weighted by molar-refractivity contribution is -0.120. The molecule has 160 valence electrons. The van der Waals surface area contributed by atoms with E-state index in [2.05, 4.69) is 15.3 Å². The number of ether oxygens (including phenoxy) is 1. The summed E-state index contributed by atoms with van der Waals surface area (Å²) in [5.74, 6) is 0.979. The van der Waals surface area contributed by atoms with E-state index in [1.807, 2.05) is 18.2 Å². The van der Waals surface area contributed by atoms with Crippen LogP contribution >= 0.6 is 11.3 Å². The van der Waals surface area contributed by atoms with Gasteiger partial charge in [0.25, 0.3) is 10.0 Å². The smallest absolute Gasteiger partial charge is 0.262 e. The summed E-state index contributed by atoms with van der Waals surface area (Å²) in [6.07, 6.45) is 2.43. The number of aromatic nitrogens is 3. The van der Waals surface area contributed by atoms with Gasteiger partial charge in [-0.15, -0.1) is 0 Å². The van der Waals surface area contributed by atoms with Crippen molar-refractivity contribution in [2.24, 2.45) is 13.0 Å². The van der Waals surface area contributed by atoms with E-state index in [9.17, 15) is 13.2 Å². The molecule has 3 aromatic rings. The molecular weight excluding hydrogens is 426 g/mol. The van der Waals surface area contributed by atoms with Gasteiger partial charge in [0.1, 0.15) is 11.6 Å². The predicted molar refractivity (Wildman–Crippen MR) is 114 cm³/mol. The van der Waals surface area contributed by atoms with E-state index in [1.54, 1.807) is 25.6 Å². The number of thiazole rings is 1. The van der Waals surface area contributed by atoms with Crippen LogP contribution in [0.15, 0.2) is 29.4 Å². The van der Waals surface area contributed by atoms with Crippen LogP contribution in [-0.4, -0.2) is 53.4 Å². The number of rotatable bonds is 5. The molecule has 0 spiro atoms. The number of amides is 1. The second-order valence-electron chi connectivity index (χ2n) is 7.26. The van der Waals surface area contributed by atoms with Crippen molar-refractivity contribution < 1.29 is 17.9 Å². The molecule has 4 rings (SSSR count). The number of imidazole rings is 1. The van der Waals surface area contributed by atoms with Crippen molar-refractivity contribution >= 4 is 42.6 Å².